The highest BCUT2D eigenvalue weighted by atomic mass is 35.5. The number of nitrogens with zero attached hydrogens (tertiary/aromatic N) is 3. The van der Waals surface area contributed by atoms with Gasteiger partial charge in [-0.2, -0.15) is 0 Å². The molecule has 2 N–H and O–H groups in total. The van der Waals surface area contributed by atoms with E-state index < -0.39 is 5.82 Å². The normalized spacial score (nSPS) is 10.8. The molecule has 1 aromatic heterocycles. The Balaban J connectivity index is 2.06. The molecule has 0 fully saturated rings. The zero-order valence-electron chi connectivity index (χ0n) is 10.6. The fourth-order valence-electron chi connectivity index (χ4n) is 1.92. The summed E-state index contributed by atoms with van der Waals surface area (Å²) in [6.07, 6.45) is 1.65. The van der Waals surface area contributed by atoms with Gasteiger partial charge in [-0.1, -0.05) is 34.5 Å². The smallest absolute Gasteiger partial charge is 0.146 e. The number of nitrogens with two attached hydrogens (primary N) is 1. The van der Waals surface area contributed by atoms with Crippen LogP contribution in [0.5, 0.6) is 0 Å². The van der Waals surface area contributed by atoms with Crippen LogP contribution in [0.25, 0.3) is 16.9 Å². The number of hydrogen-bond donors (Lipinski definition) is 1. The molecule has 3 aromatic rings. The van der Waals surface area contributed by atoms with Crippen molar-refractivity contribution in [2.45, 2.75) is 0 Å². The number of para-hydroxylation sites is 1. The summed E-state index contributed by atoms with van der Waals surface area (Å²) >= 11 is 12.2. The van der Waals surface area contributed by atoms with Crippen molar-refractivity contribution in [3.05, 3.63) is 58.5 Å². The largest absolute Gasteiger partial charge is 0.396 e. The third kappa shape index (κ3) is 2.57. The van der Waals surface area contributed by atoms with Gasteiger partial charge in [0, 0.05) is 5.56 Å². The van der Waals surface area contributed by atoms with Crippen molar-refractivity contribution >= 4 is 28.9 Å². The number of hydrogen-bond acceptors (Lipinski definition) is 3. The first-order valence-electron chi connectivity index (χ1n) is 5.98. The van der Waals surface area contributed by atoms with Gasteiger partial charge in [-0.25, -0.2) is 9.07 Å². The predicted octanol–water partition coefficient (Wildman–Crippen LogP) is 3.96. The summed E-state index contributed by atoms with van der Waals surface area (Å²) in [6.45, 7) is 0. The lowest BCUT2D eigenvalue weighted by atomic mass is 10.1. The van der Waals surface area contributed by atoms with Crippen LogP contribution in [0.15, 0.2) is 42.6 Å². The Hall–Kier alpha value is -2.11. The molecule has 0 aliphatic carbocycles. The number of halogens is 3. The fraction of sp³-hybridized carbons (Fsp3) is 0. The van der Waals surface area contributed by atoms with Gasteiger partial charge in [0.15, 0.2) is 0 Å². The Morgan fingerprint density at radius 2 is 1.81 bits per heavy atom. The van der Waals surface area contributed by atoms with Crippen LogP contribution in [0.1, 0.15) is 0 Å². The van der Waals surface area contributed by atoms with E-state index in [1.54, 1.807) is 30.5 Å². The van der Waals surface area contributed by atoms with Gasteiger partial charge < -0.3 is 5.73 Å². The van der Waals surface area contributed by atoms with Crippen LogP contribution < -0.4 is 5.73 Å². The molecule has 0 saturated carbocycles. The number of aromatic nitrogens is 3. The van der Waals surface area contributed by atoms with E-state index in [0.29, 0.717) is 27.0 Å². The van der Waals surface area contributed by atoms with Crippen LogP contribution in [0.4, 0.5) is 10.1 Å². The van der Waals surface area contributed by atoms with E-state index in [1.807, 2.05) is 0 Å². The molecule has 2 aromatic carbocycles. The molecule has 0 amide bonds. The van der Waals surface area contributed by atoms with Crippen molar-refractivity contribution < 1.29 is 4.39 Å². The van der Waals surface area contributed by atoms with Crippen molar-refractivity contribution in [3.63, 3.8) is 0 Å². The van der Waals surface area contributed by atoms with E-state index >= 15 is 0 Å². The second-order valence-corrected chi connectivity index (χ2v) is 5.17. The van der Waals surface area contributed by atoms with Gasteiger partial charge in [-0.05, 0) is 30.3 Å². The first-order chi connectivity index (χ1) is 10.1. The highest BCUT2D eigenvalue weighted by Crippen LogP contribution is 2.29. The monoisotopic (exact) mass is 322 g/mol. The summed E-state index contributed by atoms with van der Waals surface area (Å²) in [7, 11) is 0. The van der Waals surface area contributed by atoms with Crippen LogP contribution in [0.3, 0.4) is 0 Å². The lowest BCUT2D eigenvalue weighted by Crippen LogP contribution is -1.96. The van der Waals surface area contributed by atoms with E-state index in [9.17, 15) is 4.39 Å². The molecule has 0 unspecified atom stereocenters. The third-order valence-electron chi connectivity index (χ3n) is 2.95. The Morgan fingerprint density at radius 3 is 2.48 bits per heavy atom. The molecule has 7 heteroatoms. The van der Waals surface area contributed by atoms with Crippen molar-refractivity contribution in [2.24, 2.45) is 0 Å². The summed E-state index contributed by atoms with van der Waals surface area (Å²) in [4.78, 5) is 0. The zero-order valence-corrected chi connectivity index (χ0v) is 12.1. The fourth-order valence-corrected chi connectivity index (χ4v) is 2.49. The van der Waals surface area contributed by atoms with Gasteiger partial charge in [0.2, 0.25) is 0 Å². The molecule has 3 rings (SSSR count). The highest BCUT2D eigenvalue weighted by Gasteiger charge is 2.12. The second kappa shape index (κ2) is 5.35. The van der Waals surface area contributed by atoms with Crippen molar-refractivity contribution in [1.29, 1.82) is 0 Å². The van der Waals surface area contributed by atoms with E-state index in [4.69, 9.17) is 28.9 Å². The van der Waals surface area contributed by atoms with E-state index in [-0.39, 0.29) is 5.69 Å². The van der Waals surface area contributed by atoms with Crippen molar-refractivity contribution in [3.8, 4) is 16.9 Å². The summed E-state index contributed by atoms with van der Waals surface area (Å²) < 4.78 is 14.7. The molecule has 0 spiro atoms. The quantitative estimate of drug-likeness (QED) is 0.726. The summed E-state index contributed by atoms with van der Waals surface area (Å²) in [5, 5.41) is 8.95. The SMILES string of the molecule is Nc1cc(-c2cn(-c3c(Cl)cccc3Cl)nn2)ccc1F. The molecule has 106 valence electrons. The molecule has 0 bridgehead atoms. The summed E-state index contributed by atoms with van der Waals surface area (Å²) in [6, 6.07) is 9.52. The van der Waals surface area contributed by atoms with Crippen molar-refractivity contribution in [2.75, 3.05) is 5.73 Å². The third-order valence-corrected chi connectivity index (χ3v) is 3.56. The Kier molecular flexibility index (Phi) is 3.53. The lowest BCUT2D eigenvalue weighted by Gasteiger charge is -2.05. The van der Waals surface area contributed by atoms with Gasteiger partial charge in [-0.15, -0.1) is 5.10 Å². The van der Waals surface area contributed by atoms with Crippen LogP contribution in [0, 0.1) is 5.82 Å². The maximum atomic E-state index is 13.2. The Morgan fingerprint density at radius 1 is 1.10 bits per heavy atom. The number of nitrogen functional groups attached to an aromatic ring is 1. The molecular formula is C14H9Cl2FN4. The highest BCUT2D eigenvalue weighted by molar-refractivity contribution is 6.37. The average Bonchev–Trinajstić information content (AvgIpc) is 2.91. The maximum absolute atomic E-state index is 13.2. The van der Waals surface area contributed by atoms with Gasteiger partial charge in [0.1, 0.15) is 17.2 Å². The minimum atomic E-state index is -0.472. The average molecular weight is 323 g/mol. The number of anilines is 1. The molecule has 21 heavy (non-hydrogen) atoms. The van der Waals surface area contributed by atoms with Gasteiger partial charge in [0.25, 0.3) is 0 Å². The van der Waals surface area contributed by atoms with Crippen LogP contribution in [-0.2, 0) is 0 Å². The summed E-state index contributed by atoms with van der Waals surface area (Å²) in [5.74, 6) is -0.472. The van der Waals surface area contributed by atoms with Gasteiger partial charge in [0.05, 0.1) is 21.9 Å². The number of benzene rings is 2. The molecule has 0 aliphatic heterocycles. The maximum Gasteiger partial charge on any atom is 0.146 e. The molecule has 1 heterocycles. The number of rotatable bonds is 2. The Bertz CT molecular complexity index is 796. The molecule has 0 saturated heterocycles. The lowest BCUT2D eigenvalue weighted by molar-refractivity contribution is 0.632. The van der Waals surface area contributed by atoms with Crippen molar-refractivity contribution in [1.82, 2.24) is 15.0 Å². The minimum absolute atomic E-state index is 0.0535. The molecular weight excluding hydrogens is 314 g/mol. The van der Waals surface area contributed by atoms with Crippen LogP contribution in [0.2, 0.25) is 10.0 Å². The van der Waals surface area contributed by atoms with Gasteiger partial charge in [-0.3, -0.25) is 0 Å². The Labute approximate surface area is 129 Å². The van der Waals surface area contributed by atoms with Crippen LogP contribution >= 0.6 is 23.2 Å². The molecule has 0 aliphatic rings. The first kappa shape index (κ1) is 13.9. The van der Waals surface area contributed by atoms with Gasteiger partial charge >= 0.3 is 0 Å². The van der Waals surface area contributed by atoms with E-state index in [2.05, 4.69) is 10.3 Å². The molecule has 0 atom stereocenters. The van der Waals surface area contributed by atoms with E-state index in [0.717, 1.165) is 0 Å². The molecule has 0 radical (unpaired) electrons. The molecule has 4 nitrogen and oxygen atoms in total. The van der Waals surface area contributed by atoms with Crippen LogP contribution in [-0.4, -0.2) is 15.0 Å². The first-order valence-corrected chi connectivity index (χ1v) is 6.74. The zero-order chi connectivity index (χ0) is 15.0. The predicted molar refractivity (Wildman–Crippen MR) is 81.2 cm³/mol. The topological polar surface area (TPSA) is 56.7 Å². The second-order valence-electron chi connectivity index (χ2n) is 4.35. The minimum Gasteiger partial charge on any atom is -0.396 e. The summed E-state index contributed by atoms with van der Waals surface area (Å²) in [5.41, 5.74) is 7.34. The van der Waals surface area contributed by atoms with E-state index in [1.165, 1.54) is 16.8 Å². The standard InChI is InChI=1S/C14H9Cl2FN4/c15-9-2-1-3-10(16)14(9)21-7-13(19-20-21)8-4-5-11(17)12(18)6-8/h1-7H,18H2.